The molecule has 0 saturated heterocycles. The Morgan fingerprint density at radius 2 is 2.07 bits per heavy atom. The van der Waals surface area contributed by atoms with Crippen LogP contribution in [0.2, 0.25) is 0 Å². The molecule has 0 radical (unpaired) electrons. The third-order valence-corrected chi connectivity index (χ3v) is 2.59. The van der Waals surface area contributed by atoms with E-state index in [1.807, 2.05) is 6.08 Å². The van der Waals surface area contributed by atoms with E-state index in [1.54, 1.807) is 0 Å². The smallest absolute Gasteiger partial charge is 0.193 e. The van der Waals surface area contributed by atoms with Gasteiger partial charge in [0.05, 0.1) is 0 Å². The molecule has 2 nitrogen and oxygen atoms in total. The highest BCUT2D eigenvalue weighted by atomic mass is 16.5. The second-order valence-corrected chi connectivity index (χ2v) is 3.77. The van der Waals surface area contributed by atoms with E-state index in [-0.39, 0.29) is 6.10 Å². The van der Waals surface area contributed by atoms with E-state index in [0.29, 0.717) is 5.76 Å². The molecule has 0 bridgehead atoms. The molecule has 1 aromatic rings. The van der Waals surface area contributed by atoms with Gasteiger partial charge in [-0.15, -0.1) is 0 Å². The molecule has 2 rings (SSSR count). The van der Waals surface area contributed by atoms with Gasteiger partial charge in [0, 0.05) is 0 Å². The Morgan fingerprint density at radius 1 is 1.33 bits per heavy atom. The van der Waals surface area contributed by atoms with E-state index >= 15 is 0 Å². The molecule has 0 spiro atoms. The minimum atomic E-state index is 0.0465. The van der Waals surface area contributed by atoms with Gasteiger partial charge < -0.3 is 4.74 Å². The van der Waals surface area contributed by atoms with E-state index in [2.05, 4.69) is 37.3 Å². The maximum absolute atomic E-state index is 8.76. The summed E-state index contributed by atoms with van der Waals surface area (Å²) in [6, 6.07) is 10.3. The number of hydrogen-bond acceptors (Lipinski definition) is 2. The minimum Gasteiger partial charge on any atom is -0.476 e. The fraction of sp³-hybridized carbons (Fsp3) is 0.308. The number of nitriles is 1. The maximum Gasteiger partial charge on any atom is 0.193 e. The van der Waals surface area contributed by atoms with Crippen molar-refractivity contribution >= 4 is 0 Å². The van der Waals surface area contributed by atoms with E-state index in [4.69, 9.17) is 10.00 Å². The molecule has 2 heteroatoms. The highest BCUT2D eigenvalue weighted by molar-refractivity contribution is 5.25. The lowest BCUT2D eigenvalue weighted by Crippen LogP contribution is -2.07. The molecule has 76 valence electrons. The molecule has 1 atom stereocenters. The van der Waals surface area contributed by atoms with Crippen LogP contribution in [0.4, 0.5) is 0 Å². The Hall–Kier alpha value is -1.75. The van der Waals surface area contributed by atoms with Crippen LogP contribution in [0.3, 0.4) is 0 Å². The Balaban J connectivity index is 2.16. The molecule has 1 unspecified atom stereocenters. The number of ether oxygens (including phenoxy) is 1. The maximum atomic E-state index is 8.76. The summed E-state index contributed by atoms with van der Waals surface area (Å²) in [6.45, 7) is 2.06. The second-order valence-electron chi connectivity index (χ2n) is 3.77. The Labute approximate surface area is 89.8 Å². The predicted molar refractivity (Wildman–Crippen MR) is 57.9 cm³/mol. The number of nitrogens with zero attached hydrogens (tertiary/aromatic N) is 1. The quantitative estimate of drug-likeness (QED) is 0.695. The molecule has 1 aliphatic rings. The van der Waals surface area contributed by atoms with Crippen molar-refractivity contribution in [3.05, 3.63) is 47.2 Å². The zero-order valence-electron chi connectivity index (χ0n) is 8.73. The largest absolute Gasteiger partial charge is 0.476 e. The van der Waals surface area contributed by atoms with Crippen LogP contribution >= 0.6 is 0 Å². The average molecular weight is 199 g/mol. The molecule has 15 heavy (non-hydrogen) atoms. The van der Waals surface area contributed by atoms with Crippen LogP contribution in [0.5, 0.6) is 0 Å². The lowest BCUT2D eigenvalue weighted by molar-refractivity contribution is 0.107. The molecule has 1 aliphatic heterocycles. The van der Waals surface area contributed by atoms with Gasteiger partial charge in [-0.05, 0) is 31.4 Å². The number of hydrogen-bond donors (Lipinski definition) is 0. The zero-order valence-corrected chi connectivity index (χ0v) is 8.73. The van der Waals surface area contributed by atoms with Crippen LogP contribution in [-0.4, -0.2) is 0 Å². The van der Waals surface area contributed by atoms with Crippen molar-refractivity contribution in [3.8, 4) is 6.07 Å². The first kappa shape index (κ1) is 9.79. The Morgan fingerprint density at radius 3 is 2.73 bits per heavy atom. The monoisotopic (exact) mass is 199 g/mol. The number of rotatable bonds is 1. The summed E-state index contributed by atoms with van der Waals surface area (Å²) >= 11 is 0. The predicted octanol–water partition coefficient (Wildman–Crippen LogP) is 3.25. The molecule has 1 aromatic carbocycles. The van der Waals surface area contributed by atoms with Crippen molar-refractivity contribution < 1.29 is 4.74 Å². The number of benzene rings is 1. The lowest BCUT2D eigenvalue weighted by atomic mass is 10.0. The number of allylic oxidation sites excluding steroid dienone is 2. The van der Waals surface area contributed by atoms with Gasteiger partial charge >= 0.3 is 0 Å². The highest BCUT2D eigenvalue weighted by Crippen LogP contribution is 2.29. The van der Waals surface area contributed by atoms with Crippen molar-refractivity contribution in [3.63, 3.8) is 0 Å². The van der Waals surface area contributed by atoms with Crippen molar-refractivity contribution in [2.75, 3.05) is 0 Å². The molecule has 0 aromatic heterocycles. The average Bonchev–Trinajstić information content (AvgIpc) is 2.30. The zero-order chi connectivity index (χ0) is 10.7. The summed E-state index contributed by atoms with van der Waals surface area (Å²) in [4.78, 5) is 0. The van der Waals surface area contributed by atoms with E-state index in [0.717, 1.165) is 18.4 Å². The van der Waals surface area contributed by atoms with Crippen LogP contribution < -0.4 is 0 Å². The fourth-order valence-electron chi connectivity index (χ4n) is 1.71. The Kier molecular flexibility index (Phi) is 2.73. The van der Waals surface area contributed by atoms with Gasteiger partial charge in [0.15, 0.2) is 5.76 Å². The molecule has 0 fully saturated rings. The first-order chi connectivity index (χ1) is 7.29. The normalized spacial score (nSPS) is 20.0. The second kappa shape index (κ2) is 4.18. The van der Waals surface area contributed by atoms with Crippen molar-refractivity contribution in [2.24, 2.45) is 0 Å². The van der Waals surface area contributed by atoms with Gasteiger partial charge in [0.1, 0.15) is 12.2 Å². The summed E-state index contributed by atoms with van der Waals surface area (Å²) in [5.41, 5.74) is 2.40. The third kappa shape index (κ3) is 2.19. The van der Waals surface area contributed by atoms with Gasteiger partial charge in [-0.25, -0.2) is 0 Å². The van der Waals surface area contributed by atoms with E-state index < -0.39 is 0 Å². The molecule has 0 aliphatic carbocycles. The standard InChI is InChI=1S/C13H13NO/c1-10-5-7-11(8-6-10)13-4-2-3-12(9-14)15-13/h3,5-8,13H,2,4H2,1H3. The summed E-state index contributed by atoms with van der Waals surface area (Å²) in [7, 11) is 0. The van der Waals surface area contributed by atoms with Gasteiger partial charge in [0.2, 0.25) is 0 Å². The summed E-state index contributed by atoms with van der Waals surface area (Å²) < 4.78 is 5.56. The Bertz CT molecular complexity index is 411. The summed E-state index contributed by atoms with van der Waals surface area (Å²) in [6.07, 6.45) is 3.77. The molecular formula is C13H13NO. The first-order valence-corrected chi connectivity index (χ1v) is 5.13. The third-order valence-electron chi connectivity index (χ3n) is 2.59. The fourth-order valence-corrected chi connectivity index (χ4v) is 1.71. The topological polar surface area (TPSA) is 33.0 Å². The summed E-state index contributed by atoms with van der Waals surface area (Å²) in [5, 5.41) is 8.76. The van der Waals surface area contributed by atoms with Crippen LogP contribution in [0.15, 0.2) is 36.1 Å². The molecular weight excluding hydrogens is 186 g/mol. The minimum absolute atomic E-state index is 0.0465. The van der Waals surface area contributed by atoms with Crippen molar-refractivity contribution in [1.82, 2.24) is 0 Å². The molecule has 0 amide bonds. The van der Waals surface area contributed by atoms with Crippen LogP contribution in [0.1, 0.15) is 30.1 Å². The molecule has 1 heterocycles. The van der Waals surface area contributed by atoms with Crippen LogP contribution in [0, 0.1) is 18.3 Å². The molecule has 0 N–H and O–H groups in total. The summed E-state index contributed by atoms with van der Waals surface area (Å²) in [5.74, 6) is 0.451. The molecule has 0 saturated carbocycles. The van der Waals surface area contributed by atoms with Crippen molar-refractivity contribution in [1.29, 1.82) is 5.26 Å². The number of aryl methyl sites for hydroxylation is 1. The highest BCUT2D eigenvalue weighted by Gasteiger charge is 2.17. The lowest BCUT2D eigenvalue weighted by Gasteiger charge is -2.21. The van der Waals surface area contributed by atoms with Gasteiger partial charge in [-0.3, -0.25) is 0 Å². The first-order valence-electron chi connectivity index (χ1n) is 5.13. The van der Waals surface area contributed by atoms with Gasteiger partial charge in [0.25, 0.3) is 0 Å². The van der Waals surface area contributed by atoms with Gasteiger partial charge in [-0.1, -0.05) is 29.8 Å². The van der Waals surface area contributed by atoms with Crippen LogP contribution in [0.25, 0.3) is 0 Å². The van der Waals surface area contributed by atoms with E-state index in [1.165, 1.54) is 5.56 Å². The van der Waals surface area contributed by atoms with Crippen molar-refractivity contribution in [2.45, 2.75) is 25.9 Å². The SMILES string of the molecule is Cc1ccc(C2CCC=C(C#N)O2)cc1. The van der Waals surface area contributed by atoms with Gasteiger partial charge in [-0.2, -0.15) is 5.26 Å². The van der Waals surface area contributed by atoms with Crippen LogP contribution in [-0.2, 0) is 4.74 Å². The van der Waals surface area contributed by atoms with E-state index in [9.17, 15) is 0 Å².